The number of amides is 2. The van der Waals surface area contributed by atoms with Gasteiger partial charge in [-0.1, -0.05) is 54.1 Å². The second-order valence-electron chi connectivity index (χ2n) is 7.40. The number of hydrogen-bond acceptors (Lipinski definition) is 6. The molecular weight excluding hydrogens is 486 g/mol. The number of para-hydroxylation sites is 1. The lowest BCUT2D eigenvalue weighted by Gasteiger charge is -2.10. The molecule has 0 unspecified atom stereocenters. The lowest BCUT2D eigenvalue weighted by Crippen LogP contribution is -2.34. The SMILES string of the molecule is COc1cccc(COc2ccccc2/C=N\NC(=O)CNC(=O)c2sc3ccccc3c2Cl)c1. The number of rotatable bonds is 9. The zero-order chi connectivity index (χ0) is 24.6. The molecule has 0 saturated carbocycles. The Kier molecular flexibility index (Phi) is 7.97. The molecule has 0 saturated heterocycles. The number of benzene rings is 3. The summed E-state index contributed by atoms with van der Waals surface area (Å²) in [5, 5.41) is 7.76. The van der Waals surface area contributed by atoms with Gasteiger partial charge in [0.2, 0.25) is 0 Å². The van der Waals surface area contributed by atoms with Gasteiger partial charge in [0.05, 0.1) is 24.9 Å². The van der Waals surface area contributed by atoms with Crippen LogP contribution in [0.5, 0.6) is 11.5 Å². The first kappa shape index (κ1) is 24.3. The molecule has 4 aromatic rings. The van der Waals surface area contributed by atoms with Gasteiger partial charge in [0.1, 0.15) is 23.0 Å². The third-order valence-corrected chi connectivity index (χ3v) is 6.67. The fraction of sp³-hybridized carbons (Fsp3) is 0.115. The minimum absolute atomic E-state index is 0.241. The lowest BCUT2D eigenvalue weighted by atomic mass is 10.2. The van der Waals surface area contributed by atoms with Crippen LogP contribution in [0.25, 0.3) is 10.1 Å². The van der Waals surface area contributed by atoms with Crippen LogP contribution in [-0.4, -0.2) is 31.7 Å². The van der Waals surface area contributed by atoms with Crippen LogP contribution in [0.1, 0.15) is 20.8 Å². The molecule has 7 nitrogen and oxygen atoms in total. The van der Waals surface area contributed by atoms with Crippen LogP contribution in [0.4, 0.5) is 0 Å². The fourth-order valence-corrected chi connectivity index (χ4v) is 4.69. The summed E-state index contributed by atoms with van der Waals surface area (Å²) in [6, 6.07) is 22.4. The maximum Gasteiger partial charge on any atom is 0.263 e. The number of nitrogens with zero attached hydrogens (tertiary/aromatic N) is 1. The summed E-state index contributed by atoms with van der Waals surface area (Å²) in [7, 11) is 1.62. The third-order valence-electron chi connectivity index (χ3n) is 4.99. The van der Waals surface area contributed by atoms with Crippen LogP contribution in [0.3, 0.4) is 0 Å². The third kappa shape index (κ3) is 6.17. The van der Waals surface area contributed by atoms with E-state index in [9.17, 15) is 9.59 Å². The van der Waals surface area contributed by atoms with Crippen molar-refractivity contribution < 1.29 is 19.1 Å². The van der Waals surface area contributed by atoms with Gasteiger partial charge >= 0.3 is 0 Å². The quantitative estimate of drug-likeness (QED) is 0.246. The van der Waals surface area contributed by atoms with Gasteiger partial charge in [-0.15, -0.1) is 11.3 Å². The van der Waals surface area contributed by atoms with Crippen LogP contribution < -0.4 is 20.2 Å². The van der Waals surface area contributed by atoms with Crippen LogP contribution in [0.15, 0.2) is 77.9 Å². The van der Waals surface area contributed by atoms with E-state index in [1.807, 2.05) is 72.8 Å². The fourth-order valence-electron chi connectivity index (χ4n) is 3.26. The Balaban J connectivity index is 1.30. The summed E-state index contributed by atoms with van der Waals surface area (Å²) in [6.07, 6.45) is 1.49. The number of hydrogen-bond donors (Lipinski definition) is 2. The van der Waals surface area contributed by atoms with Gasteiger partial charge in [0.15, 0.2) is 0 Å². The minimum Gasteiger partial charge on any atom is -0.497 e. The molecule has 0 aliphatic carbocycles. The number of carbonyl (C=O) groups is 2. The summed E-state index contributed by atoms with van der Waals surface area (Å²) in [5.74, 6) is 0.486. The topological polar surface area (TPSA) is 89.0 Å². The zero-order valence-corrected chi connectivity index (χ0v) is 20.4. The number of ether oxygens (including phenoxy) is 2. The normalized spacial score (nSPS) is 10.9. The maximum atomic E-state index is 12.5. The van der Waals surface area contributed by atoms with Crippen LogP contribution in [0.2, 0.25) is 5.02 Å². The molecular formula is C26H22ClN3O4S. The molecule has 0 aliphatic rings. The van der Waals surface area contributed by atoms with Crippen molar-refractivity contribution in [1.29, 1.82) is 0 Å². The Morgan fingerprint density at radius 3 is 2.69 bits per heavy atom. The highest BCUT2D eigenvalue weighted by Crippen LogP contribution is 2.34. The van der Waals surface area contributed by atoms with E-state index in [1.54, 1.807) is 7.11 Å². The Hall–Kier alpha value is -3.88. The molecule has 35 heavy (non-hydrogen) atoms. The Morgan fingerprint density at radius 1 is 1.06 bits per heavy atom. The molecule has 0 bridgehead atoms. The van der Waals surface area contributed by atoms with Crippen molar-refractivity contribution in [3.63, 3.8) is 0 Å². The second-order valence-corrected chi connectivity index (χ2v) is 8.83. The number of thiophene rings is 1. The van der Waals surface area contributed by atoms with E-state index in [0.717, 1.165) is 21.4 Å². The average Bonchev–Trinajstić information content (AvgIpc) is 3.23. The van der Waals surface area contributed by atoms with E-state index >= 15 is 0 Å². The predicted octanol–water partition coefficient (Wildman–Crippen LogP) is 5.02. The molecule has 2 amide bonds. The monoisotopic (exact) mass is 507 g/mol. The van der Waals surface area contributed by atoms with Crippen LogP contribution in [-0.2, 0) is 11.4 Å². The van der Waals surface area contributed by atoms with Crippen molar-refractivity contribution in [3.8, 4) is 11.5 Å². The number of carbonyl (C=O) groups excluding carboxylic acids is 2. The Bertz CT molecular complexity index is 1390. The molecule has 2 N–H and O–H groups in total. The molecule has 1 heterocycles. The zero-order valence-electron chi connectivity index (χ0n) is 18.8. The lowest BCUT2D eigenvalue weighted by molar-refractivity contribution is -0.120. The summed E-state index contributed by atoms with van der Waals surface area (Å²) in [6.45, 7) is 0.107. The highest BCUT2D eigenvalue weighted by Gasteiger charge is 2.17. The van der Waals surface area contributed by atoms with Gasteiger partial charge in [-0.25, -0.2) is 5.43 Å². The largest absolute Gasteiger partial charge is 0.497 e. The van der Waals surface area contributed by atoms with Crippen LogP contribution >= 0.6 is 22.9 Å². The van der Waals surface area contributed by atoms with E-state index in [1.165, 1.54) is 17.6 Å². The van der Waals surface area contributed by atoms with E-state index in [-0.39, 0.29) is 6.54 Å². The molecule has 0 aliphatic heterocycles. The van der Waals surface area contributed by atoms with Gasteiger partial charge in [0, 0.05) is 15.6 Å². The average molecular weight is 508 g/mol. The standard InChI is InChI=1S/C26H22ClN3O4S/c1-33-19-9-6-7-17(13-19)16-34-21-11-4-2-8-18(21)14-29-30-23(31)15-28-26(32)25-24(27)20-10-3-5-12-22(20)35-25/h2-14H,15-16H2,1H3,(H,28,32)(H,30,31)/b29-14-. The number of hydrazone groups is 1. The summed E-state index contributed by atoms with van der Waals surface area (Å²) < 4.78 is 12.1. The molecule has 4 rings (SSSR count). The number of fused-ring (bicyclic) bond motifs is 1. The van der Waals surface area contributed by atoms with Crippen molar-refractivity contribution in [2.24, 2.45) is 5.10 Å². The Morgan fingerprint density at radius 2 is 1.86 bits per heavy atom. The van der Waals surface area contributed by atoms with Crippen LogP contribution in [0, 0.1) is 0 Å². The van der Waals surface area contributed by atoms with E-state index in [4.69, 9.17) is 21.1 Å². The molecule has 1 aromatic heterocycles. The first-order valence-electron chi connectivity index (χ1n) is 10.7. The summed E-state index contributed by atoms with van der Waals surface area (Å²) >= 11 is 7.60. The minimum atomic E-state index is -0.471. The van der Waals surface area contributed by atoms with Crippen molar-refractivity contribution in [3.05, 3.63) is 93.8 Å². The number of methoxy groups -OCH3 is 1. The first-order chi connectivity index (χ1) is 17.0. The van der Waals surface area contributed by atoms with E-state index < -0.39 is 11.8 Å². The molecule has 0 spiro atoms. The maximum absolute atomic E-state index is 12.5. The van der Waals surface area contributed by atoms with Gasteiger partial charge in [-0.05, 0) is 35.9 Å². The predicted molar refractivity (Wildman–Crippen MR) is 139 cm³/mol. The van der Waals surface area contributed by atoms with E-state index in [2.05, 4.69) is 15.8 Å². The second kappa shape index (κ2) is 11.5. The number of halogens is 1. The highest BCUT2D eigenvalue weighted by atomic mass is 35.5. The molecule has 0 radical (unpaired) electrons. The molecule has 178 valence electrons. The Labute approximate surface area is 211 Å². The number of nitrogens with one attached hydrogen (secondary N) is 2. The molecule has 0 atom stereocenters. The van der Waals surface area contributed by atoms with Crippen molar-refractivity contribution >= 4 is 51.1 Å². The van der Waals surface area contributed by atoms with Gasteiger partial charge in [-0.2, -0.15) is 5.10 Å². The van der Waals surface area contributed by atoms with Crippen molar-refractivity contribution in [2.45, 2.75) is 6.61 Å². The highest BCUT2D eigenvalue weighted by molar-refractivity contribution is 7.21. The van der Waals surface area contributed by atoms with Gasteiger partial charge in [0.25, 0.3) is 11.8 Å². The molecule has 0 fully saturated rings. The first-order valence-corrected chi connectivity index (χ1v) is 11.9. The summed E-state index contributed by atoms with van der Waals surface area (Å²) in [5.41, 5.74) is 4.06. The van der Waals surface area contributed by atoms with Crippen molar-refractivity contribution in [1.82, 2.24) is 10.7 Å². The van der Waals surface area contributed by atoms with Gasteiger partial charge in [-0.3, -0.25) is 9.59 Å². The van der Waals surface area contributed by atoms with Gasteiger partial charge < -0.3 is 14.8 Å². The van der Waals surface area contributed by atoms with Crippen molar-refractivity contribution in [2.75, 3.05) is 13.7 Å². The summed E-state index contributed by atoms with van der Waals surface area (Å²) in [4.78, 5) is 25.0. The smallest absolute Gasteiger partial charge is 0.263 e. The molecule has 3 aromatic carbocycles. The van der Waals surface area contributed by atoms with E-state index in [0.29, 0.717) is 27.8 Å². The molecule has 9 heteroatoms.